The third kappa shape index (κ3) is 8.61. The Morgan fingerprint density at radius 3 is 2.15 bits per heavy atom. The van der Waals surface area contributed by atoms with Crippen molar-refractivity contribution in [2.75, 3.05) is 17.1 Å². The van der Waals surface area contributed by atoms with Crippen LogP contribution in [-0.4, -0.2) is 50.0 Å². The number of rotatable bonds is 11. The Morgan fingerprint density at radius 1 is 0.927 bits per heavy atom. The van der Waals surface area contributed by atoms with Gasteiger partial charge in [0.1, 0.15) is 12.6 Å². The SMILES string of the molecule is CS(=O)(=O)N(CC(=O)N(Cc1ccccc1Cl)[C@H](Cc1ccccc1)C(=O)NC1CCCC1)c1cc(Cl)cc(Cl)c1. The molecule has 1 fully saturated rings. The summed E-state index contributed by atoms with van der Waals surface area (Å²) in [4.78, 5) is 29.4. The summed E-state index contributed by atoms with van der Waals surface area (Å²) in [6, 6.07) is 19.9. The van der Waals surface area contributed by atoms with Gasteiger partial charge >= 0.3 is 0 Å². The highest BCUT2D eigenvalue weighted by Gasteiger charge is 2.34. The molecule has 0 unspecified atom stereocenters. The lowest BCUT2D eigenvalue weighted by atomic mass is 10.0. The van der Waals surface area contributed by atoms with E-state index < -0.39 is 28.5 Å². The Kier molecular flexibility index (Phi) is 10.6. The van der Waals surface area contributed by atoms with Crippen LogP contribution >= 0.6 is 34.8 Å². The van der Waals surface area contributed by atoms with Crippen LogP contribution in [0, 0.1) is 0 Å². The van der Waals surface area contributed by atoms with Crippen LogP contribution in [0.5, 0.6) is 0 Å². The number of carbonyl (C=O) groups excluding carboxylic acids is 2. The van der Waals surface area contributed by atoms with Crippen LogP contribution in [0.25, 0.3) is 0 Å². The molecule has 0 heterocycles. The zero-order valence-electron chi connectivity index (χ0n) is 22.6. The smallest absolute Gasteiger partial charge is 0.244 e. The minimum Gasteiger partial charge on any atom is -0.352 e. The second-order valence-electron chi connectivity index (χ2n) is 10.2. The molecule has 1 N–H and O–H groups in total. The molecule has 0 saturated heterocycles. The zero-order valence-corrected chi connectivity index (χ0v) is 25.7. The first-order valence-corrected chi connectivity index (χ1v) is 16.3. The number of benzene rings is 3. The summed E-state index contributed by atoms with van der Waals surface area (Å²) < 4.78 is 26.8. The highest BCUT2D eigenvalue weighted by molar-refractivity contribution is 7.92. The van der Waals surface area contributed by atoms with Crippen LogP contribution in [0.1, 0.15) is 36.8 Å². The topological polar surface area (TPSA) is 86.8 Å². The van der Waals surface area contributed by atoms with Gasteiger partial charge in [0.25, 0.3) is 0 Å². The molecular weight excluding hydrogens is 605 g/mol. The molecular formula is C30H32Cl3N3O4S. The third-order valence-electron chi connectivity index (χ3n) is 7.09. The lowest BCUT2D eigenvalue weighted by Crippen LogP contribution is -2.54. The summed E-state index contributed by atoms with van der Waals surface area (Å²) in [6.07, 6.45) is 5.04. The van der Waals surface area contributed by atoms with Crippen molar-refractivity contribution in [2.45, 2.75) is 50.7 Å². The van der Waals surface area contributed by atoms with Crippen LogP contribution < -0.4 is 9.62 Å². The van der Waals surface area contributed by atoms with E-state index in [1.807, 2.05) is 30.3 Å². The number of hydrogen-bond donors (Lipinski definition) is 1. The second-order valence-corrected chi connectivity index (χ2v) is 13.4. The molecule has 41 heavy (non-hydrogen) atoms. The molecule has 0 aliphatic heterocycles. The fourth-order valence-electron chi connectivity index (χ4n) is 5.03. The molecule has 11 heteroatoms. The summed E-state index contributed by atoms with van der Waals surface area (Å²) in [5.74, 6) is -0.869. The first-order valence-electron chi connectivity index (χ1n) is 13.3. The van der Waals surface area contributed by atoms with Gasteiger partial charge in [-0.15, -0.1) is 0 Å². The average molecular weight is 637 g/mol. The van der Waals surface area contributed by atoms with Gasteiger partial charge in [0.05, 0.1) is 11.9 Å². The Balaban J connectivity index is 1.75. The molecule has 1 aliphatic carbocycles. The Labute approximate surface area is 256 Å². The summed E-state index contributed by atoms with van der Waals surface area (Å²) in [5.41, 5.74) is 1.63. The van der Waals surface area contributed by atoms with E-state index in [4.69, 9.17) is 34.8 Å². The van der Waals surface area contributed by atoms with Crippen LogP contribution in [-0.2, 0) is 32.6 Å². The third-order valence-corrected chi connectivity index (χ3v) is 9.03. The fourth-order valence-corrected chi connectivity index (χ4v) is 6.57. The number of hydrogen-bond acceptors (Lipinski definition) is 4. The molecule has 3 aromatic rings. The number of halogens is 3. The van der Waals surface area contributed by atoms with E-state index in [2.05, 4.69) is 5.32 Å². The minimum atomic E-state index is -3.94. The lowest BCUT2D eigenvalue weighted by Gasteiger charge is -2.34. The quantitative estimate of drug-likeness (QED) is 0.275. The van der Waals surface area contributed by atoms with Crippen molar-refractivity contribution >= 4 is 62.3 Å². The van der Waals surface area contributed by atoms with E-state index in [9.17, 15) is 18.0 Å². The maximum Gasteiger partial charge on any atom is 0.244 e. The van der Waals surface area contributed by atoms with Crippen LogP contribution in [0.2, 0.25) is 15.1 Å². The van der Waals surface area contributed by atoms with Gasteiger partial charge in [-0.1, -0.05) is 96.2 Å². The predicted molar refractivity (Wildman–Crippen MR) is 165 cm³/mol. The highest BCUT2D eigenvalue weighted by Crippen LogP contribution is 2.28. The average Bonchev–Trinajstić information content (AvgIpc) is 3.42. The normalized spacial score (nSPS) is 14.4. The molecule has 7 nitrogen and oxygen atoms in total. The van der Waals surface area contributed by atoms with Crippen molar-refractivity contribution in [3.05, 3.63) is 99.0 Å². The van der Waals surface area contributed by atoms with Gasteiger partial charge in [-0.25, -0.2) is 8.42 Å². The Hall–Kier alpha value is -2.78. The van der Waals surface area contributed by atoms with Gasteiger partial charge in [0, 0.05) is 34.1 Å². The molecule has 1 aliphatic rings. The van der Waals surface area contributed by atoms with Crippen LogP contribution in [0.4, 0.5) is 5.69 Å². The number of amides is 2. The predicted octanol–water partition coefficient (Wildman–Crippen LogP) is 6.11. The van der Waals surface area contributed by atoms with Gasteiger partial charge in [-0.2, -0.15) is 0 Å². The number of anilines is 1. The molecule has 0 spiro atoms. The maximum absolute atomic E-state index is 14.2. The molecule has 0 bridgehead atoms. The first-order chi connectivity index (χ1) is 19.5. The lowest BCUT2D eigenvalue weighted by molar-refractivity contribution is -0.140. The molecule has 0 radical (unpaired) electrons. The Bertz CT molecular complexity index is 1460. The Morgan fingerprint density at radius 2 is 1.54 bits per heavy atom. The minimum absolute atomic E-state index is 0.00198. The molecule has 3 aromatic carbocycles. The molecule has 0 aromatic heterocycles. The monoisotopic (exact) mass is 635 g/mol. The molecule has 218 valence electrons. The van der Waals surface area contributed by atoms with Crippen LogP contribution in [0.15, 0.2) is 72.8 Å². The van der Waals surface area contributed by atoms with E-state index >= 15 is 0 Å². The van der Waals surface area contributed by atoms with E-state index in [1.165, 1.54) is 23.1 Å². The van der Waals surface area contributed by atoms with E-state index in [0.717, 1.165) is 41.8 Å². The van der Waals surface area contributed by atoms with Crippen molar-refractivity contribution in [1.82, 2.24) is 10.2 Å². The van der Waals surface area contributed by atoms with Crippen molar-refractivity contribution in [3.63, 3.8) is 0 Å². The van der Waals surface area contributed by atoms with Crippen molar-refractivity contribution < 1.29 is 18.0 Å². The summed E-state index contributed by atoms with van der Waals surface area (Å²) in [7, 11) is -3.94. The molecule has 2 amide bonds. The van der Waals surface area contributed by atoms with Crippen molar-refractivity contribution in [3.8, 4) is 0 Å². The van der Waals surface area contributed by atoms with Gasteiger partial charge in [0.2, 0.25) is 21.8 Å². The summed E-state index contributed by atoms with van der Waals surface area (Å²) in [6.45, 7) is -0.566. The van der Waals surface area contributed by atoms with Gasteiger partial charge < -0.3 is 10.2 Å². The maximum atomic E-state index is 14.2. The number of nitrogens with one attached hydrogen (secondary N) is 1. The largest absolute Gasteiger partial charge is 0.352 e. The standard InChI is InChI=1S/C30H32Cl3N3O4S/c1-41(39,40)36(26-17-23(31)16-24(32)18-26)20-29(37)35(19-22-11-5-8-14-27(22)33)28(15-21-9-3-2-4-10-21)30(38)34-25-12-6-7-13-25/h2-5,8-11,14,16-18,25,28H,6-7,12-13,15,19-20H2,1H3,(H,34,38)/t28-/m1/s1. The van der Waals surface area contributed by atoms with Crippen LogP contribution in [0.3, 0.4) is 0 Å². The fraction of sp³-hybridized carbons (Fsp3) is 0.333. The first kappa shape index (κ1) is 31.2. The van der Waals surface area contributed by atoms with Gasteiger partial charge in [-0.3, -0.25) is 13.9 Å². The second kappa shape index (κ2) is 13.9. The number of nitrogens with zero attached hydrogens (tertiary/aromatic N) is 2. The summed E-state index contributed by atoms with van der Waals surface area (Å²) in [5, 5.41) is 4.01. The molecule has 1 saturated carbocycles. The van der Waals surface area contributed by atoms with Gasteiger partial charge in [0.15, 0.2) is 0 Å². The molecule has 4 rings (SSSR count). The zero-order chi connectivity index (χ0) is 29.6. The van der Waals surface area contributed by atoms with Crippen molar-refractivity contribution in [1.29, 1.82) is 0 Å². The van der Waals surface area contributed by atoms with Crippen molar-refractivity contribution in [2.24, 2.45) is 0 Å². The molecule has 1 atom stereocenters. The summed E-state index contributed by atoms with van der Waals surface area (Å²) >= 11 is 18.8. The van der Waals surface area contributed by atoms with E-state index in [0.29, 0.717) is 10.6 Å². The number of sulfonamides is 1. The highest BCUT2D eigenvalue weighted by atomic mass is 35.5. The van der Waals surface area contributed by atoms with E-state index in [-0.39, 0.29) is 40.6 Å². The number of carbonyl (C=O) groups is 2. The van der Waals surface area contributed by atoms with Gasteiger partial charge in [-0.05, 0) is 48.2 Å². The van der Waals surface area contributed by atoms with E-state index in [1.54, 1.807) is 24.3 Å².